The van der Waals surface area contributed by atoms with Crippen LogP contribution in [0.15, 0.2) is 120 Å². The van der Waals surface area contributed by atoms with Crippen LogP contribution in [-0.2, 0) is 9.53 Å². The summed E-state index contributed by atoms with van der Waals surface area (Å²) in [5.74, 6) is -1.04. The van der Waals surface area contributed by atoms with E-state index in [0.29, 0.717) is 48.7 Å². The second-order valence-electron chi connectivity index (χ2n) is 15.0. The summed E-state index contributed by atoms with van der Waals surface area (Å²) in [4.78, 5) is 52.7. The number of H-pyrrole nitrogens is 1. The Balaban J connectivity index is 0.918. The summed E-state index contributed by atoms with van der Waals surface area (Å²) in [6.45, 7) is 4.47. The summed E-state index contributed by atoms with van der Waals surface area (Å²) in [6.07, 6.45) is 13.8. The van der Waals surface area contributed by atoms with Gasteiger partial charge in [0.05, 0.1) is 36.3 Å². The number of fused-ring (bicyclic) bond motifs is 1. The zero-order chi connectivity index (χ0) is 40.3. The molecular weight excluding hydrogens is 733 g/mol. The number of hydrogen-bond donors (Lipinski definition) is 5. The summed E-state index contributed by atoms with van der Waals surface area (Å²) in [6, 6.07) is 23.2. The van der Waals surface area contributed by atoms with Crippen molar-refractivity contribution in [2.45, 2.75) is 44.1 Å². The van der Waals surface area contributed by atoms with Crippen LogP contribution < -0.4 is 16.2 Å². The van der Waals surface area contributed by atoms with E-state index in [1.807, 2.05) is 54.6 Å². The van der Waals surface area contributed by atoms with Crippen molar-refractivity contribution in [3.63, 3.8) is 0 Å². The average molecular weight is 783 g/mol. The third-order valence-corrected chi connectivity index (χ3v) is 10.8. The van der Waals surface area contributed by atoms with Crippen molar-refractivity contribution in [1.29, 1.82) is 0 Å². The number of phenols is 1. The summed E-state index contributed by atoms with van der Waals surface area (Å²) < 4.78 is 6.05. The molecule has 300 valence electrons. The lowest BCUT2D eigenvalue weighted by molar-refractivity contribution is -0.146. The number of likely N-dealkylation sites (tertiary alicyclic amines) is 1. The molecule has 7 rings (SSSR count). The number of esters is 1. The number of aliphatic hydroxyl groups is 1. The Hall–Kier alpha value is -5.95. The number of benzene rings is 3. The zero-order valence-corrected chi connectivity index (χ0v) is 32.5. The molecule has 0 saturated carbocycles. The molecule has 1 fully saturated rings. The molecule has 1 amide bonds. The number of pyridine rings is 1. The van der Waals surface area contributed by atoms with E-state index >= 15 is 0 Å². The number of phenolic OH excluding ortho intramolecular Hbond substituents is 1. The quantitative estimate of drug-likeness (QED) is 0.0610. The largest absolute Gasteiger partial charge is 0.506 e. The maximum Gasteiger partial charge on any atom is 0.317 e. The molecule has 2 unspecified atom stereocenters. The second-order valence-corrected chi connectivity index (χ2v) is 15.0. The molecule has 5 N–H and O–H groups in total. The number of aliphatic hydroxyl groups excluding tert-OH is 1. The molecule has 3 aromatic carbocycles. The van der Waals surface area contributed by atoms with Crippen LogP contribution >= 0.6 is 0 Å². The van der Waals surface area contributed by atoms with Gasteiger partial charge in [-0.3, -0.25) is 24.3 Å². The van der Waals surface area contributed by atoms with Gasteiger partial charge in [-0.15, -0.1) is 0 Å². The molecule has 0 bridgehead atoms. The first-order valence-corrected chi connectivity index (χ1v) is 20.1. The molecule has 1 aliphatic heterocycles. The molecule has 58 heavy (non-hydrogen) atoms. The fourth-order valence-electron chi connectivity index (χ4n) is 7.64. The molecule has 3 heterocycles. The van der Waals surface area contributed by atoms with Crippen molar-refractivity contribution in [3.8, 4) is 17.0 Å². The molecule has 12 nitrogen and oxygen atoms in total. The van der Waals surface area contributed by atoms with E-state index in [1.165, 1.54) is 23.9 Å². The van der Waals surface area contributed by atoms with Crippen molar-refractivity contribution in [2.24, 2.45) is 5.92 Å². The van der Waals surface area contributed by atoms with Gasteiger partial charge in [-0.25, -0.2) is 4.98 Å². The van der Waals surface area contributed by atoms with Crippen LogP contribution in [0.2, 0.25) is 0 Å². The molecule has 2 atom stereocenters. The lowest BCUT2D eigenvalue weighted by Gasteiger charge is -2.32. The van der Waals surface area contributed by atoms with Crippen LogP contribution in [0, 0.1) is 5.92 Å². The number of allylic oxidation sites excluding steroid dienone is 2. The van der Waals surface area contributed by atoms with Crippen LogP contribution in [0.4, 0.5) is 0 Å². The number of piperidine rings is 1. The maximum absolute atomic E-state index is 13.9. The third-order valence-electron chi connectivity index (χ3n) is 10.8. The number of aromatic hydroxyl groups is 1. The number of amides is 1. The number of aromatic nitrogens is 3. The molecule has 0 radical (unpaired) electrons. The monoisotopic (exact) mass is 782 g/mol. The Labute approximate surface area is 337 Å². The Morgan fingerprint density at radius 3 is 2.59 bits per heavy atom. The number of ether oxygens (including phenoxy) is 1. The minimum atomic E-state index is -0.880. The zero-order valence-electron chi connectivity index (χ0n) is 32.5. The van der Waals surface area contributed by atoms with Gasteiger partial charge in [-0.1, -0.05) is 72.8 Å². The third kappa shape index (κ3) is 10.3. The van der Waals surface area contributed by atoms with Gasteiger partial charge in [-0.05, 0) is 98.1 Å². The molecule has 5 aromatic rings. The van der Waals surface area contributed by atoms with E-state index in [1.54, 1.807) is 18.3 Å². The topological polar surface area (TPSA) is 170 Å². The summed E-state index contributed by atoms with van der Waals surface area (Å²) in [5, 5.41) is 27.6. The van der Waals surface area contributed by atoms with Gasteiger partial charge in [0.1, 0.15) is 17.4 Å². The fourth-order valence-corrected chi connectivity index (χ4v) is 7.64. The van der Waals surface area contributed by atoms with Gasteiger partial charge >= 0.3 is 5.97 Å². The number of hydrogen-bond acceptors (Lipinski definition) is 10. The van der Waals surface area contributed by atoms with Gasteiger partial charge in [0.15, 0.2) is 0 Å². The molecule has 0 spiro atoms. The SMILES string of the molecule is O=C(NCCCNCC(O)c1ccc(O)c2[nH]c(=O)ccc12)c1cncc(-c2cccc(C(C(=O)OCC3CCN(CC4=CCCC=C4)CC3)c3ccccc3)c2)n1. The van der Waals surface area contributed by atoms with Gasteiger partial charge in [-0.2, -0.15) is 0 Å². The first-order chi connectivity index (χ1) is 28.3. The van der Waals surface area contributed by atoms with Crippen molar-refractivity contribution >= 4 is 22.8 Å². The lowest BCUT2D eigenvalue weighted by Crippen LogP contribution is -2.36. The van der Waals surface area contributed by atoms with E-state index in [-0.39, 0.29) is 40.9 Å². The molecule has 1 aliphatic carbocycles. The Kier molecular flexibility index (Phi) is 13.5. The number of nitrogens with zero attached hydrogens (tertiary/aromatic N) is 3. The molecule has 2 aliphatic rings. The minimum Gasteiger partial charge on any atom is -0.506 e. The van der Waals surface area contributed by atoms with Crippen LogP contribution in [0.1, 0.15) is 71.3 Å². The second kappa shape index (κ2) is 19.5. The standard InChI is InChI=1S/C46H50N6O6/c53-40-17-15-36(37-16-18-42(55)51-44(37)40)41(54)28-47-21-8-22-49-45(56)39-27-48-26-38(50-39)34-13-7-14-35(25-34)43(33-11-5-2-6-12-33)46(57)58-30-32-19-23-52(24-20-32)29-31-9-3-1-4-10-31/h2-3,5-7,9-18,25-27,32,41,43,47,53-54H,1,4,8,19-24,28-30H2,(H,49,56)(H,51,55). The van der Waals surface area contributed by atoms with E-state index < -0.39 is 12.0 Å². The van der Waals surface area contributed by atoms with E-state index in [4.69, 9.17) is 4.74 Å². The van der Waals surface area contributed by atoms with Crippen molar-refractivity contribution in [3.05, 3.63) is 148 Å². The van der Waals surface area contributed by atoms with Crippen molar-refractivity contribution in [2.75, 3.05) is 45.9 Å². The maximum atomic E-state index is 13.9. The molecule has 1 saturated heterocycles. The Bertz CT molecular complexity index is 2320. The Morgan fingerprint density at radius 1 is 0.948 bits per heavy atom. The highest BCUT2D eigenvalue weighted by atomic mass is 16.5. The van der Waals surface area contributed by atoms with Crippen LogP contribution in [0.5, 0.6) is 5.75 Å². The van der Waals surface area contributed by atoms with Crippen molar-refractivity contribution < 1.29 is 24.5 Å². The van der Waals surface area contributed by atoms with Crippen LogP contribution in [0.3, 0.4) is 0 Å². The molecule has 2 aromatic heterocycles. The van der Waals surface area contributed by atoms with Gasteiger partial charge in [0.25, 0.3) is 5.91 Å². The van der Waals surface area contributed by atoms with E-state index in [9.17, 15) is 24.6 Å². The first-order valence-electron chi connectivity index (χ1n) is 20.1. The highest BCUT2D eigenvalue weighted by Crippen LogP contribution is 2.31. The molecule has 12 heteroatoms. The number of rotatable bonds is 16. The minimum absolute atomic E-state index is 0.0665. The lowest BCUT2D eigenvalue weighted by atomic mass is 9.90. The Morgan fingerprint density at radius 2 is 1.78 bits per heavy atom. The predicted octanol–water partition coefficient (Wildman–Crippen LogP) is 5.80. The number of carbonyl (C=O) groups is 2. The van der Waals surface area contributed by atoms with Gasteiger partial charge in [0.2, 0.25) is 5.56 Å². The highest BCUT2D eigenvalue weighted by molar-refractivity contribution is 5.92. The number of aromatic amines is 1. The van der Waals surface area contributed by atoms with Gasteiger partial charge < -0.3 is 30.6 Å². The van der Waals surface area contributed by atoms with E-state index in [0.717, 1.165) is 62.0 Å². The van der Waals surface area contributed by atoms with Crippen molar-refractivity contribution in [1.82, 2.24) is 30.5 Å². The number of carbonyl (C=O) groups excluding carboxylic acids is 2. The first kappa shape index (κ1) is 40.3. The summed E-state index contributed by atoms with van der Waals surface area (Å²) in [7, 11) is 0. The van der Waals surface area contributed by atoms with Gasteiger partial charge in [0, 0.05) is 36.7 Å². The highest BCUT2D eigenvalue weighted by Gasteiger charge is 2.27. The smallest absolute Gasteiger partial charge is 0.317 e. The van der Waals surface area contributed by atoms with E-state index in [2.05, 4.69) is 48.7 Å². The summed E-state index contributed by atoms with van der Waals surface area (Å²) >= 11 is 0. The normalized spacial score (nSPS) is 15.8. The predicted molar refractivity (Wildman–Crippen MR) is 223 cm³/mol. The summed E-state index contributed by atoms with van der Waals surface area (Å²) in [5.41, 5.74) is 4.90. The average Bonchev–Trinajstić information content (AvgIpc) is 3.26. The number of nitrogens with one attached hydrogen (secondary N) is 3. The fraction of sp³-hybridized carbons (Fsp3) is 0.326. The van der Waals surface area contributed by atoms with Crippen LogP contribution in [-0.4, -0.2) is 87.8 Å². The van der Waals surface area contributed by atoms with Crippen LogP contribution in [0.25, 0.3) is 22.2 Å². The molecular formula is C46H50N6O6.